The Kier molecular flexibility index (Phi) is 5.00. The number of carboxylic acid groups (broad SMARTS) is 1. The highest BCUT2D eigenvalue weighted by atomic mass is 16.4. The predicted molar refractivity (Wildman–Crippen MR) is 65.4 cm³/mol. The van der Waals surface area contributed by atoms with Crippen LogP contribution < -0.4 is 5.32 Å². The van der Waals surface area contributed by atoms with E-state index in [9.17, 15) is 4.79 Å². The van der Waals surface area contributed by atoms with Crippen LogP contribution in [0.2, 0.25) is 0 Å². The van der Waals surface area contributed by atoms with Crippen LogP contribution in [0.5, 0.6) is 0 Å². The molecular formula is C13H23NO2. The molecule has 3 unspecified atom stereocenters. The molecule has 2 N–H and O–H groups in total. The second-order valence-corrected chi connectivity index (χ2v) is 4.81. The molecule has 0 radical (unpaired) electrons. The van der Waals surface area contributed by atoms with E-state index in [0.29, 0.717) is 24.1 Å². The third-order valence-corrected chi connectivity index (χ3v) is 3.88. The summed E-state index contributed by atoms with van der Waals surface area (Å²) < 4.78 is 0. The van der Waals surface area contributed by atoms with E-state index in [1.54, 1.807) is 13.0 Å². The Balaban J connectivity index is 2.34. The fourth-order valence-corrected chi connectivity index (χ4v) is 2.56. The molecule has 0 bridgehead atoms. The summed E-state index contributed by atoms with van der Waals surface area (Å²) in [7, 11) is 0. The summed E-state index contributed by atoms with van der Waals surface area (Å²) in [5.41, 5.74) is 0.421. The van der Waals surface area contributed by atoms with Crippen LogP contribution in [0.4, 0.5) is 0 Å². The molecule has 1 rings (SSSR count). The lowest BCUT2D eigenvalue weighted by atomic mass is 9.93. The maximum Gasteiger partial charge on any atom is 0.330 e. The van der Waals surface area contributed by atoms with E-state index in [1.807, 2.05) is 0 Å². The minimum absolute atomic E-state index is 0.421. The summed E-state index contributed by atoms with van der Waals surface area (Å²) in [4.78, 5) is 10.6. The first kappa shape index (κ1) is 13.2. The molecule has 3 nitrogen and oxygen atoms in total. The van der Waals surface area contributed by atoms with Gasteiger partial charge in [0.1, 0.15) is 0 Å². The van der Waals surface area contributed by atoms with Gasteiger partial charge in [-0.3, -0.25) is 0 Å². The number of hydrogen-bond acceptors (Lipinski definition) is 2. The van der Waals surface area contributed by atoms with Gasteiger partial charge in [0.2, 0.25) is 0 Å². The number of nitrogens with one attached hydrogen (secondary N) is 1. The number of carboxylic acids is 1. The zero-order valence-electron chi connectivity index (χ0n) is 10.5. The summed E-state index contributed by atoms with van der Waals surface area (Å²) in [6.07, 6.45) is 5.54. The van der Waals surface area contributed by atoms with Gasteiger partial charge in [-0.05, 0) is 31.6 Å². The molecule has 3 heteroatoms. The first-order valence-electron chi connectivity index (χ1n) is 6.19. The highest BCUT2D eigenvalue weighted by Crippen LogP contribution is 2.33. The molecule has 0 aromatic carbocycles. The average Bonchev–Trinajstić information content (AvgIpc) is 2.59. The van der Waals surface area contributed by atoms with Gasteiger partial charge < -0.3 is 10.4 Å². The van der Waals surface area contributed by atoms with Crippen molar-refractivity contribution in [3.05, 3.63) is 11.6 Å². The zero-order chi connectivity index (χ0) is 12.1. The molecule has 0 aliphatic heterocycles. The third-order valence-electron chi connectivity index (χ3n) is 3.88. The summed E-state index contributed by atoms with van der Waals surface area (Å²) in [6.45, 7) is 6.85. The first-order chi connectivity index (χ1) is 7.56. The monoisotopic (exact) mass is 225 g/mol. The largest absolute Gasteiger partial charge is 0.478 e. The quantitative estimate of drug-likeness (QED) is 0.706. The minimum Gasteiger partial charge on any atom is -0.478 e. The van der Waals surface area contributed by atoms with Gasteiger partial charge in [-0.25, -0.2) is 4.79 Å². The Morgan fingerprint density at radius 1 is 1.50 bits per heavy atom. The molecule has 92 valence electrons. The zero-order valence-corrected chi connectivity index (χ0v) is 10.5. The Morgan fingerprint density at radius 2 is 2.19 bits per heavy atom. The van der Waals surface area contributed by atoms with Gasteiger partial charge in [-0.15, -0.1) is 0 Å². The molecule has 0 amide bonds. The van der Waals surface area contributed by atoms with Crippen molar-refractivity contribution in [1.29, 1.82) is 0 Å². The number of rotatable bonds is 5. The molecule has 1 fully saturated rings. The molecule has 0 saturated heterocycles. The van der Waals surface area contributed by atoms with E-state index in [2.05, 4.69) is 19.2 Å². The van der Waals surface area contributed by atoms with E-state index >= 15 is 0 Å². The van der Waals surface area contributed by atoms with Crippen LogP contribution in [-0.2, 0) is 4.79 Å². The van der Waals surface area contributed by atoms with Crippen LogP contribution >= 0.6 is 0 Å². The maximum atomic E-state index is 10.6. The first-order valence-corrected chi connectivity index (χ1v) is 6.19. The standard InChI is InChI=1S/C13H23NO2/c1-4-11-5-6-12(10(11)3)14-8-7-9(2)13(15)16/h7,10-12,14H,4-6,8H2,1-3H3,(H,15,16)/b9-7-. The molecule has 0 aromatic rings. The summed E-state index contributed by atoms with van der Waals surface area (Å²) in [6, 6.07) is 0.558. The maximum absolute atomic E-state index is 10.6. The minimum atomic E-state index is -0.826. The van der Waals surface area contributed by atoms with E-state index in [0.717, 1.165) is 5.92 Å². The normalized spacial score (nSPS) is 30.7. The second kappa shape index (κ2) is 6.04. The van der Waals surface area contributed by atoms with Gasteiger partial charge in [-0.2, -0.15) is 0 Å². The molecule has 0 aromatic heterocycles. The van der Waals surface area contributed by atoms with Crippen molar-refractivity contribution in [2.45, 2.75) is 46.1 Å². The van der Waals surface area contributed by atoms with Crippen molar-refractivity contribution in [3.8, 4) is 0 Å². The van der Waals surface area contributed by atoms with Crippen molar-refractivity contribution in [3.63, 3.8) is 0 Å². The number of aliphatic carboxylic acids is 1. The van der Waals surface area contributed by atoms with Crippen molar-refractivity contribution < 1.29 is 9.90 Å². The fourth-order valence-electron chi connectivity index (χ4n) is 2.56. The SMILES string of the molecule is CCC1CCC(NC/C=C(/C)C(=O)O)C1C. The van der Waals surface area contributed by atoms with Crippen LogP contribution in [0.15, 0.2) is 11.6 Å². The Morgan fingerprint density at radius 3 is 2.69 bits per heavy atom. The van der Waals surface area contributed by atoms with E-state index < -0.39 is 5.97 Å². The van der Waals surface area contributed by atoms with Crippen LogP contribution in [0, 0.1) is 11.8 Å². The molecule has 16 heavy (non-hydrogen) atoms. The lowest BCUT2D eigenvalue weighted by Gasteiger charge is -2.20. The smallest absolute Gasteiger partial charge is 0.330 e. The van der Waals surface area contributed by atoms with Gasteiger partial charge >= 0.3 is 5.97 Å². The van der Waals surface area contributed by atoms with Gasteiger partial charge in [0.25, 0.3) is 0 Å². The van der Waals surface area contributed by atoms with Gasteiger partial charge in [0, 0.05) is 18.2 Å². The van der Waals surface area contributed by atoms with Crippen molar-refractivity contribution in [2.75, 3.05) is 6.54 Å². The predicted octanol–water partition coefficient (Wildman–Crippen LogP) is 2.43. The van der Waals surface area contributed by atoms with Gasteiger partial charge in [0.15, 0.2) is 0 Å². The molecule has 0 heterocycles. The van der Waals surface area contributed by atoms with Crippen molar-refractivity contribution in [2.24, 2.45) is 11.8 Å². The summed E-state index contributed by atoms with van der Waals surface area (Å²) in [5.74, 6) is 0.721. The fraction of sp³-hybridized carbons (Fsp3) is 0.769. The topological polar surface area (TPSA) is 49.3 Å². The molecule has 1 saturated carbocycles. The van der Waals surface area contributed by atoms with E-state index in [-0.39, 0.29) is 0 Å². The van der Waals surface area contributed by atoms with Crippen LogP contribution in [-0.4, -0.2) is 23.7 Å². The number of hydrogen-bond donors (Lipinski definition) is 2. The third kappa shape index (κ3) is 3.34. The summed E-state index contributed by atoms with van der Waals surface area (Å²) >= 11 is 0. The van der Waals surface area contributed by atoms with Crippen LogP contribution in [0.3, 0.4) is 0 Å². The van der Waals surface area contributed by atoms with Crippen LogP contribution in [0.25, 0.3) is 0 Å². The molecule has 3 atom stereocenters. The highest BCUT2D eigenvalue weighted by Gasteiger charge is 2.30. The van der Waals surface area contributed by atoms with E-state index in [1.165, 1.54) is 19.3 Å². The Hall–Kier alpha value is -0.830. The van der Waals surface area contributed by atoms with Crippen LogP contribution in [0.1, 0.15) is 40.0 Å². The average molecular weight is 225 g/mol. The molecular weight excluding hydrogens is 202 g/mol. The Bertz CT molecular complexity index is 273. The van der Waals surface area contributed by atoms with Gasteiger partial charge in [0.05, 0.1) is 0 Å². The second-order valence-electron chi connectivity index (χ2n) is 4.81. The van der Waals surface area contributed by atoms with Crippen molar-refractivity contribution >= 4 is 5.97 Å². The molecule has 1 aliphatic rings. The number of carbonyl (C=O) groups is 1. The van der Waals surface area contributed by atoms with Gasteiger partial charge in [-0.1, -0.05) is 26.3 Å². The summed E-state index contributed by atoms with van der Waals surface area (Å²) in [5, 5.41) is 12.2. The van der Waals surface area contributed by atoms with Crippen molar-refractivity contribution in [1.82, 2.24) is 5.32 Å². The van der Waals surface area contributed by atoms with E-state index in [4.69, 9.17) is 5.11 Å². The lowest BCUT2D eigenvalue weighted by molar-refractivity contribution is -0.132. The lowest BCUT2D eigenvalue weighted by Crippen LogP contribution is -2.33. The Labute approximate surface area is 97.9 Å². The molecule has 0 spiro atoms. The highest BCUT2D eigenvalue weighted by molar-refractivity contribution is 5.85. The molecule has 1 aliphatic carbocycles.